The first-order valence-corrected chi connectivity index (χ1v) is 11.8. The van der Waals surface area contributed by atoms with Gasteiger partial charge in [-0.1, -0.05) is 48.5 Å². The van der Waals surface area contributed by atoms with Crippen molar-refractivity contribution >= 4 is 28.5 Å². The lowest BCUT2D eigenvalue weighted by Gasteiger charge is -2.45. The standard InChI is InChI=1S/C28H22F2N4O3/c1-37-27(36)33-15-28(16-33)20-10-4-5-11-22(20)34(26(28)35)14-21-23(17-7-6-12-31-13-17)18-8-2-3-9-19(18)24(32-21)25(29)30/h2-13,25H,14-16H2,1H3. The van der Waals surface area contributed by atoms with E-state index in [1.807, 2.05) is 30.3 Å². The molecule has 37 heavy (non-hydrogen) atoms. The predicted molar refractivity (Wildman–Crippen MR) is 133 cm³/mol. The zero-order chi connectivity index (χ0) is 25.7. The predicted octanol–water partition coefficient (Wildman–Crippen LogP) is 5.10. The van der Waals surface area contributed by atoms with Crippen molar-refractivity contribution in [3.05, 3.63) is 90.0 Å². The Hall–Kier alpha value is -4.40. The van der Waals surface area contributed by atoms with E-state index in [1.165, 1.54) is 12.0 Å². The minimum Gasteiger partial charge on any atom is -0.453 e. The van der Waals surface area contributed by atoms with E-state index in [4.69, 9.17) is 4.74 Å². The molecule has 1 spiro atoms. The molecule has 0 N–H and O–H groups in total. The number of carbonyl (C=O) groups excluding carboxylic acids is 2. The fraction of sp³-hybridized carbons (Fsp3) is 0.214. The Balaban J connectivity index is 1.49. The summed E-state index contributed by atoms with van der Waals surface area (Å²) in [5, 5.41) is 0.975. The van der Waals surface area contributed by atoms with Crippen molar-refractivity contribution in [2.75, 3.05) is 25.1 Å². The van der Waals surface area contributed by atoms with E-state index in [0.717, 1.165) is 11.1 Å². The van der Waals surface area contributed by atoms with E-state index < -0.39 is 17.9 Å². The summed E-state index contributed by atoms with van der Waals surface area (Å²) in [4.78, 5) is 37.7. The number of hydrogen-bond acceptors (Lipinski definition) is 5. The Kier molecular flexibility index (Phi) is 5.36. The van der Waals surface area contributed by atoms with Gasteiger partial charge in [0.25, 0.3) is 6.43 Å². The zero-order valence-corrected chi connectivity index (χ0v) is 19.9. The molecule has 4 aromatic rings. The number of para-hydroxylation sites is 1. The second kappa shape index (κ2) is 8.62. The van der Waals surface area contributed by atoms with Gasteiger partial charge in [0.2, 0.25) is 5.91 Å². The van der Waals surface area contributed by atoms with Gasteiger partial charge in [-0.3, -0.25) is 9.78 Å². The van der Waals surface area contributed by atoms with Crippen molar-refractivity contribution < 1.29 is 23.1 Å². The molecule has 2 aliphatic rings. The summed E-state index contributed by atoms with van der Waals surface area (Å²) in [6, 6.07) is 17.9. The SMILES string of the molecule is COC(=O)N1CC2(C1)C(=O)N(Cc1nc(C(F)F)c3ccccc3c1-c1cccnc1)c1ccccc12. The number of fused-ring (bicyclic) bond motifs is 3. The minimum absolute atomic E-state index is 0.00932. The monoisotopic (exact) mass is 500 g/mol. The van der Waals surface area contributed by atoms with Gasteiger partial charge in [-0.15, -0.1) is 0 Å². The summed E-state index contributed by atoms with van der Waals surface area (Å²) in [6.07, 6.45) is 0.0156. The van der Waals surface area contributed by atoms with Crippen molar-refractivity contribution in [3.8, 4) is 11.1 Å². The second-order valence-corrected chi connectivity index (χ2v) is 9.22. The van der Waals surface area contributed by atoms with Crippen molar-refractivity contribution in [2.45, 2.75) is 18.4 Å². The summed E-state index contributed by atoms with van der Waals surface area (Å²) in [6.45, 7) is 0.369. The quantitative estimate of drug-likeness (QED) is 0.390. The van der Waals surface area contributed by atoms with Gasteiger partial charge in [0.05, 0.1) is 19.3 Å². The Bertz CT molecular complexity index is 1540. The first-order chi connectivity index (χ1) is 17.9. The third-order valence-electron chi connectivity index (χ3n) is 7.20. The molecule has 1 fully saturated rings. The molecule has 6 rings (SSSR count). The molecule has 9 heteroatoms. The van der Waals surface area contributed by atoms with Gasteiger partial charge in [0.15, 0.2) is 0 Å². The molecule has 0 bridgehead atoms. The highest BCUT2D eigenvalue weighted by Crippen LogP contribution is 2.48. The summed E-state index contributed by atoms with van der Waals surface area (Å²) in [5.74, 6) is -0.195. The van der Waals surface area contributed by atoms with Crippen LogP contribution in [0.25, 0.3) is 21.9 Å². The number of pyridine rings is 2. The Morgan fingerprint density at radius 2 is 1.78 bits per heavy atom. The molecule has 2 aromatic heterocycles. The average molecular weight is 501 g/mol. The number of methoxy groups -OCH3 is 1. The maximum Gasteiger partial charge on any atom is 0.409 e. The Morgan fingerprint density at radius 1 is 1.05 bits per heavy atom. The van der Waals surface area contributed by atoms with Crippen molar-refractivity contribution in [1.29, 1.82) is 0 Å². The molecule has 0 atom stereocenters. The number of likely N-dealkylation sites (tertiary alicyclic amines) is 1. The van der Waals surface area contributed by atoms with Crippen molar-refractivity contribution in [2.24, 2.45) is 0 Å². The van der Waals surface area contributed by atoms with E-state index in [1.54, 1.807) is 47.6 Å². The van der Waals surface area contributed by atoms with Crippen LogP contribution in [0.1, 0.15) is 23.4 Å². The lowest BCUT2D eigenvalue weighted by molar-refractivity contribution is -0.128. The molecule has 2 aliphatic heterocycles. The van der Waals surface area contributed by atoms with E-state index in [-0.39, 0.29) is 31.2 Å². The summed E-state index contributed by atoms with van der Waals surface area (Å²) < 4.78 is 33.2. The average Bonchev–Trinajstić information content (AvgIpc) is 3.15. The minimum atomic E-state index is -2.79. The molecule has 0 radical (unpaired) electrons. The normalized spacial score (nSPS) is 15.8. The number of benzene rings is 2. The van der Waals surface area contributed by atoms with Crippen LogP contribution in [0.2, 0.25) is 0 Å². The fourth-order valence-electron chi connectivity index (χ4n) is 5.53. The zero-order valence-electron chi connectivity index (χ0n) is 19.9. The molecule has 186 valence electrons. The number of ether oxygens (including phenoxy) is 1. The van der Waals surface area contributed by atoms with Gasteiger partial charge in [0, 0.05) is 47.7 Å². The lowest BCUT2D eigenvalue weighted by atomic mass is 9.75. The molecular weight excluding hydrogens is 478 g/mol. The van der Waals surface area contributed by atoms with Crippen LogP contribution in [0, 0.1) is 0 Å². The smallest absolute Gasteiger partial charge is 0.409 e. The summed E-state index contributed by atoms with van der Waals surface area (Å²) in [5.41, 5.74) is 1.99. The maximum atomic E-state index is 14.2. The molecule has 2 amide bonds. The van der Waals surface area contributed by atoms with Crippen LogP contribution in [0.15, 0.2) is 73.1 Å². The van der Waals surface area contributed by atoms with Gasteiger partial charge in [-0.2, -0.15) is 0 Å². The highest BCUT2D eigenvalue weighted by atomic mass is 19.3. The third kappa shape index (κ3) is 3.45. The van der Waals surface area contributed by atoms with E-state index in [0.29, 0.717) is 27.7 Å². The number of amides is 2. The number of alkyl halides is 2. The first-order valence-electron chi connectivity index (χ1n) is 11.8. The van der Waals surface area contributed by atoms with Gasteiger partial charge in [0.1, 0.15) is 11.1 Å². The van der Waals surface area contributed by atoms with Crippen LogP contribution < -0.4 is 4.90 Å². The highest BCUT2D eigenvalue weighted by molar-refractivity contribution is 6.10. The van der Waals surface area contributed by atoms with E-state index in [2.05, 4.69) is 9.97 Å². The Labute approximate surface area is 211 Å². The number of rotatable bonds is 4. The maximum absolute atomic E-state index is 14.2. The molecule has 0 aliphatic carbocycles. The molecule has 1 saturated heterocycles. The number of hydrogen-bond donors (Lipinski definition) is 0. The Morgan fingerprint density at radius 3 is 2.49 bits per heavy atom. The number of nitrogens with zero attached hydrogens (tertiary/aromatic N) is 4. The van der Waals surface area contributed by atoms with Crippen LogP contribution in [0.3, 0.4) is 0 Å². The van der Waals surface area contributed by atoms with Crippen molar-refractivity contribution in [3.63, 3.8) is 0 Å². The number of carbonyl (C=O) groups is 2. The second-order valence-electron chi connectivity index (χ2n) is 9.22. The van der Waals surface area contributed by atoms with Gasteiger partial charge >= 0.3 is 6.09 Å². The molecule has 0 saturated carbocycles. The van der Waals surface area contributed by atoms with Gasteiger partial charge in [-0.25, -0.2) is 18.6 Å². The largest absolute Gasteiger partial charge is 0.453 e. The molecular formula is C28H22F2N4O3. The van der Waals surface area contributed by atoms with Gasteiger partial charge in [-0.05, 0) is 23.1 Å². The highest BCUT2D eigenvalue weighted by Gasteiger charge is 2.59. The van der Waals surface area contributed by atoms with Gasteiger partial charge < -0.3 is 14.5 Å². The summed E-state index contributed by atoms with van der Waals surface area (Å²) in [7, 11) is 1.30. The third-order valence-corrected chi connectivity index (χ3v) is 7.20. The molecule has 0 unspecified atom stereocenters. The molecule has 7 nitrogen and oxygen atoms in total. The molecule has 4 heterocycles. The van der Waals surface area contributed by atoms with Crippen LogP contribution in [0.5, 0.6) is 0 Å². The van der Waals surface area contributed by atoms with Crippen LogP contribution >= 0.6 is 0 Å². The number of halogens is 2. The van der Waals surface area contributed by atoms with Crippen LogP contribution in [0.4, 0.5) is 19.3 Å². The fourth-order valence-corrected chi connectivity index (χ4v) is 5.53. The topological polar surface area (TPSA) is 75.6 Å². The van der Waals surface area contributed by atoms with Crippen LogP contribution in [-0.4, -0.2) is 47.1 Å². The number of anilines is 1. The first kappa shape index (κ1) is 23.0. The number of aromatic nitrogens is 2. The van der Waals surface area contributed by atoms with Crippen molar-refractivity contribution in [1.82, 2.24) is 14.9 Å². The molecule has 2 aromatic carbocycles. The summed E-state index contributed by atoms with van der Waals surface area (Å²) >= 11 is 0. The van der Waals surface area contributed by atoms with E-state index >= 15 is 0 Å². The van der Waals surface area contributed by atoms with Crippen LogP contribution in [-0.2, 0) is 21.5 Å². The van der Waals surface area contributed by atoms with E-state index in [9.17, 15) is 18.4 Å². The lowest BCUT2D eigenvalue weighted by Crippen LogP contribution is -2.65.